The molecule has 0 radical (unpaired) electrons. The summed E-state index contributed by atoms with van der Waals surface area (Å²) in [5, 5.41) is 7.85. The van der Waals surface area contributed by atoms with Crippen molar-refractivity contribution in [3.63, 3.8) is 0 Å². The van der Waals surface area contributed by atoms with E-state index in [1.165, 1.54) is 0 Å². The van der Waals surface area contributed by atoms with Gasteiger partial charge in [-0.25, -0.2) is 4.68 Å². The first-order valence-corrected chi connectivity index (χ1v) is 5.04. The van der Waals surface area contributed by atoms with Crippen LogP contribution in [0.15, 0.2) is 6.20 Å². The second-order valence-electron chi connectivity index (χ2n) is 3.62. The maximum atomic E-state index is 6.14. The van der Waals surface area contributed by atoms with Crippen LogP contribution in [-0.2, 0) is 11.3 Å². The van der Waals surface area contributed by atoms with Crippen LogP contribution < -0.4 is 5.73 Å². The van der Waals surface area contributed by atoms with Crippen molar-refractivity contribution >= 4 is 0 Å². The van der Waals surface area contributed by atoms with E-state index in [0.29, 0.717) is 5.92 Å². The number of aryl methyl sites for hydroxylation is 1. The molecule has 78 valence electrons. The molecule has 0 saturated carbocycles. The summed E-state index contributed by atoms with van der Waals surface area (Å²) < 4.78 is 7.17. The number of hydrogen-bond donors (Lipinski definition) is 1. The van der Waals surface area contributed by atoms with Gasteiger partial charge in [0, 0.05) is 19.1 Å². The highest BCUT2D eigenvalue weighted by Crippen LogP contribution is 2.25. The van der Waals surface area contributed by atoms with Crippen molar-refractivity contribution in [3.05, 3.63) is 11.9 Å². The molecular formula is C9H16N4O. The molecule has 2 rings (SSSR count). The van der Waals surface area contributed by atoms with Crippen molar-refractivity contribution in [2.75, 3.05) is 13.2 Å². The van der Waals surface area contributed by atoms with Crippen LogP contribution in [0.1, 0.15) is 25.1 Å². The van der Waals surface area contributed by atoms with Crippen molar-refractivity contribution in [3.8, 4) is 0 Å². The van der Waals surface area contributed by atoms with Gasteiger partial charge in [0.05, 0.1) is 24.5 Å². The van der Waals surface area contributed by atoms with Gasteiger partial charge in [-0.2, -0.15) is 0 Å². The average Bonchev–Trinajstić information content (AvgIpc) is 2.87. The lowest BCUT2D eigenvalue weighted by atomic mass is 9.97. The van der Waals surface area contributed by atoms with Crippen LogP contribution in [0.5, 0.6) is 0 Å². The molecular weight excluding hydrogens is 180 g/mol. The number of rotatable bonds is 3. The van der Waals surface area contributed by atoms with Gasteiger partial charge in [-0.1, -0.05) is 5.21 Å². The van der Waals surface area contributed by atoms with Gasteiger partial charge in [0.2, 0.25) is 0 Å². The highest BCUT2D eigenvalue weighted by Gasteiger charge is 2.26. The lowest BCUT2D eigenvalue weighted by molar-refractivity contribution is 0.180. The molecule has 1 aliphatic heterocycles. The fourth-order valence-electron chi connectivity index (χ4n) is 1.85. The third-order valence-electron chi connectivity index (χ3n) is 2.76. The summed E-state index contributed by atoms with van der Waals surface area (Å²) in [4.78, 5) is 0. The Morgan fingerprint density at radius 1 is 1.79 bits per heavy atom. The van der Waals surface area contributed by atoms with E-state index >= 15 is 0 Å². The first-order valence-electron chi connectivity index (χ1n) is 5.04. The highest BCUT2D eigenvalue weighted by molar-refractivity contribution is 5.03. The lowest BCUT2D eigenvalue weighted by Gasteiger charge is -2.17. The molecule has 1 saturated heterocycles. The fraction of sp³-hybridized carbons (Fsp3) is 0.778. The minimum Gasteiger partial charge on any atom is -0.381 e. The Balaban J connectivity index is 2.12. The second kappa shape index (κ2) is 4.06. The van der Waals surface area contributed by atoms with E-state index in [1.54, 1.807) is 6.20 Å². The molecule has 0 amide bonds. The molecule has 1 aromatic heterocycles. The maximum absolute atomic E-state index is 6.14. The highest BCUT2D eigenvalue weighted by atomic mass is 16.5. The summed E-state index contributed by atoms with van der Waals surface area (Å²) >= 11 is 0. The summed E-state index contributed by atoms with van der Waals surface area (Å²) in [5.41, 5.74) is 7.16. The van der Waals surface area contributed by atoms with Crippen molar-refractivity contribution < 1.29 is 4.74 Å². The SMILES string of the molecule is CCn1nncc1C(N)C1CCOC1. The first-order chi connectivity index (χ1) is 6.83. The fourth-order valence-corrected chi connectivity index (χ4v) is 1.85. The Labute approximate surface area is 83.2 Å². The quantitative estimate of drug-likeness (QED) is 0.756. The predicted octanol–water partition coefficient (Wildman–Crippen LogP) is 0.334. The van der Waals surface area contributed by atoms with Gasteiger partial charge in [-0.15, -0.1) is 5.10 Å². The van der Waals surface area contributed by atoms with Crippen LogP contribution in [-0.4, -0.2) is 28.2 Å². The van der Waals surface area contributed by atoms with E-state index in [-0.39, 0.29) is 6.04 Å². The van der Waals surface area contributed by atoms with E-state index in [2.05, 4.69) is 10.3 Å². The summed E-state index contributed by atoms with van der Waals surface area (Å²) in [6, 6.07) is 0.00690. The molecule has 2 unspecified atom stereocenters. The third-order valence-corrected chi connectivity index (χ3v) is 2.76. The zero-order valence-corrected chi connectivity index (χ0v) is 8.39. The van der Waals surface area contributed by atoms with Gasteiger partial charge in [0.1, 0.15) is 0 Å². The number of nitrogens with zero attached hydrogens (tertiary/aromatic N) is 3. The van der Waals surface area contributed by atoms with E-state index < -0.39 is 0 Å². The van der Waals surface area contributed by atoms with E-state index in [1.807, 2.05) is 11.6 Å². The molecule has 0 spiro atoms. The molecule has 0 aromatic carbocycles. The average molecular weight is 196 g/mol. The molecule has 0 bridgehead atoms. The Kier molecular flexibility index (Phi) is 2.79. The zero-order chi connectivity index (χ0) is 9.97. The zero-order valence-electron chi connectivity index (χ0n) is 8.39. The van der Waals surface area contributed by atoms with Gasteiger partial charge >= 0.3 is 0 Å². The van der Waals surface area contributed by atoms with Gasteiger partial charge in [0.15, 0.2) is 0 Å². The third kappa shape index (κ3) is 1.65. The Bertz CT molecular complexity index is 293. The Morgan fingerprint density at radius 2 is 2.64 bits per heavy atom. The monoisotopic (exact) mass is 196 g/mol. The minimum atomic E-state index is 0.00690. The summed E-state index contributed by atoms with van der Waals surface area (Å²) in [7, 11) is 0. The van der Waals surface area contributed by atoms with Crippen LogP contribution in [0.25, 0.3) is 0 Å². The molecule has 2 N–H and O–H groups in total. The van der Waals surface area contributed by atoms with Crippen LogP contribution in [0.2, 0.25) is 0 Å². The van der Waals surface area contributed by atoms with Gasteiger partial charge in [0.25, 0.3) is 0 Å². The Hall–Kier alpha value is -0.940. The molecule has 1 fully saturated rings. The summed E-state index contributed by atoms with van der Waals surface area (Å²) in [5.74, 6) is 0.416. The number of hydrogen-bond acceptors (Lipinski definition) is 4. The Morgan fingerprint density at radius 3 is 3.29 bits per heavy atom. The van der Waals surface area contributed by atoms with Gasteiger partial charge in [-0.3, -0.25) is 0 Å². The second-order valence-corrected chi connectivity index (χ2v) is 3.62. The topological polar surface area (TPSA) is 66.0 Å². The molecule has 2 heterocycles. The number of aromatic nitrogens is 3. The predicted molar refractivity (Wildman–Crippen MR) is 51.6 cm³/mol. The molecule has 1 aliphatic rings. The van der Waals surface area contributed by atoms with E-state index in [4.69, 9.17) is 10.5 Å². The van der Waals surface area contributed by atoms with E-state index in [0.717, 1.165) is 31.9 Å². The summed E-state index contributed by atoms with van der Waals surface area (Å²) in [6.07, 6.45) is 2.79. The van der Waals surface area contributed by atoms with Crippen LogP contribution in [0, 0.1) is 5.92 Å². The summed E-state index contributed by atoms with van der Waals surface area (Å²) in [6.45, 7) is 4.44. The van der Waals surface area contributed by atoms with E-state index in [9.17, 15) is 0 Å². The molecule has 14 heavy (non-hydrogen) atoms. The number of nitrogens with two attached hydrogens (primary N) is 1. The largest absolute Gasteiger partial charge is 0.381 e. The van der Waals surface area contributed by atoms with Crippen molar-refractivity contribution in [2.45, 2.75) is 25.9 Å². The minimum absolute atomic E-state index is 0.00690. The lowest BCUT2D eigenvalue weighted by Crippen LogP contribution is -2.24. The molecule has 5 nitrogen and oxygen atoms in total. The maximum Gasteiger partial charge on any atom is 0.0757 e. The standard InChI is InChI=1S/C9H16N4O/c1-2-13-8(5-11-12-13)9(10)7-3-4-14-6-7/h5,7,9H,2-4,6,10H2,1H3. The van der Waals surface area contributed by atoms with Crippen molar-refractivity contribution in [2.24, 2.45) is 11.7 Å². The molecule has 0 aliphatic carbocycles. The van der Waals surface area contributed by atoms with Crippen LogP contribution in [0.4, 0.5) is 0 Å². The van der Waals surface area contributed by atoms with Crippen molar-refractivity contribution in [1.82, 2.24) is 15.0 Å². The normalized spacial score (nSPS) is 24.0. The first kappa shape index (κ1) is 9.61. The van der Waals surface area contributed by atoms with Gasteiger partial charge < -0.3 is 10.5 Å². The van der Waals surface area contributed by atoms with Gasteiger partial charge in [-0.05, 0) is 13.3 Å². The van der Waals surface area contributed by atoms with Crippen LogP contribution in [0.3, 0.4) is 0 Å². The number of ether oxygens (including phenoxy) is 1. The molecule has 1 aromatic rings. The molecule has 5 heteroatoms. The molecule has 2 atom stereocenters. The van der Waals surface area contributed by atoms with Crippen LogP contribution >= 0.6 is 0 Å². The smallest absolute Gasteiger partial charge is 0.0757 e. The van der Waals surface area contributed by atoms with Crippen molar-refractivity contribution in [1.29, 1.82) is 0 Å².